The van der Waals surface area contributed by atoms with Gasteiger partial charge in [-0.3, -0.25) is 0 Å². The second-order valence-corrected chi connectivity index (χ2v) is 11.0. The van der Waals surface area contributed by atoms with Crippen molar-refractivity contribution in [3.05, 3.63) is 0 Å². The summed E-state index contributed by atoms with van der Waals surface area (Å²) in [4.78, 5) is 0. The minimum atomic E-state index is 0.719. The van der Waals surface area contributed by atoms with Crippen molar-refractivity contribution >= 4 is 11.8 Å². The average Bonchev–Trinajstić information content (AvgIpc) is 3.20. The van der Waals surface area contributed by atoms with E-state index in [2.05, 4.69) is 25.6 Å². The Kier molecular flexibility index (Phi) is 2.78. The SMILES string of the molecule is C[C@]12CCCC[C@@H]1CC[C@H]1[C@H]3CC[C@]4(CS4)[C@@]3(C)CC[C@@H]12. The Hall–Kier alpha value is 0.350. The van der Waals surface area contributed by atoms with Crippen LogP contribution in [0.3, 0.4) is 0 Å². The minimum absolute atomic E-state index is 0.719. The first kappa shape index (κ1) is 13.8. The van der Waals surface area contributed by atoms with Crippen molar-refractivity contribution in [2.75, 3.05) is 5.75 Å². The molecule has 0 amide bonds. The van der Waals surface area contributed by atoms with Crippen LogP contribution in [0.4, 0.5) is 0 Å². The third kappa shape index (κ3) is 1.60. The van der Waals surface area contributed by atoms with Crippen LogP contribution in [-0.4, -0.2) is 10.5 Å². The maximum atomic E-state index is 2.72. The van der Waals surface area contributed by atoms with Crippen molar-refractivity contribution in [3.63, 3.8) is 0 Å². The molecule has 7 atom stereocenters. The lowest BCUT2D eigenvalue weighted by molar-refractivity contribution is -0.105. The van der Waals surface area contributed by atoms with Crippen molar-refractivity contribution in [2.24, 2.45) is 34.5 Å². The lowest BCUT2D eigenvalue weighted by atomic mass is 9.45. The predicted molar refractivity (Wildman–Crippen MR) is 91.5 cm³/mol. The molecule has 0 aromatic carbocycles. The molecule has 1 spiro atoms. The van der Waals surface area contributed by atoms with Gasteiger partial charge in [0.05, 0.1) is 0 Å². The van der Waals surface area contributed by atoms with Crippen LogP contribution in [0.15, 0.2) is 0 Å². The van der Waals surface area contributed by atoms with Gasteiger partial charge in [0.1, 0.15) is 0 Å². The fourth-order valence-electron chi connectivity index (χ4n) is 7.95. The highest BCUT2D eigenvalue weighted by atomic mass is 32.2. The molecule has 0 radical (unpaired) electrons. The highest BCUT2D eigenvalue weighted by Crippen LogP contribution is 2.75. The van der Waals surface area contributed by atoms with Crippen LogP contribution in [0.1, 0.15) is 78.1 Å². The molecule has 5 rings (SSSR count). The van der Waals surface area contributed by atoms with Gasteiger partial charge in [0, 0.05) is 10.5 Å². The van der Waals surface area contributed by atoms with E-state index in [-0.39, 0.29) is 0 Å². The highest BCUT2D eigenvalue weighted by Gasteiger charge is 2.68. The second-order valence-electron chi connectivity index (χ2n) is 9.68. The van der Waals surface area contributed by atoms with E-state index in [1.54, 1.807) is 51.4 Å². The summed E-state index contributed by atoms with van der Waals surface area (Å²) in [5.41, 5.74) is 1.45. The predicted octanol–water partition coefficient (Wildman–Crippen LogP) is 5.90. The van der Waals surface area contributed by atoms with Gasteiger partial charge in [-0.2, -0.15) is 11.8 Å². The molecule has 0 nitrogen and oxygen atoms in total. The Morgan fingerprint density at radius 1 is 0.810 bits per heavy atom. The molecule has 1 heteroatoms. The Bertz CT molecular complexity index is 453. The molecule has 0 bridgehead atoms. The summed E-state index contributed by atoms with van der Waals surface area (Å²) >= 11 is 2.32. The number of fused-ring (bicyclic) bond motifs is 6. The van der Waals surface area contributed by atoms with Gasteiger partial charge >= 0.3 is 0 Å². The first-order valence-electron chi connectivity index (χ1n) is 9.73. The number of thioether (sulfide) groups is 1. The summed E-state index contributed by atoms with van der Waals surface area (Å²) in [6.45, 7) is 5.42. The molecule has 0 unspecified atom stereocenters. The van der Waals surface area contributed by atoms with Gasteiger partial charge in [0.15, 0.2) is 0 Å². The molecule has 118 valence electrons. The molecule has 4 saturated carbocycles. The van der Waals surface area contributed by atoms with Crippen LogP contribution in [0.2, 0.25) is 0 Å². The van der Waals surface area contributed by atoms with E-state index in [0.717, 1.165) is 39.2 Å². The van der Waals surface area contributed by atoms with Crippen LogP contribution >= 0.6 is 11.8 Å². The van der Waals surface area contributed by atoms with Crippen LogP contribution in [0.5, 0.6) is 0 Å². The first-order valence-corrected chi connectivity index (χ1v) is 10.7. The third-order valence-electron chi connectivity index (χ3n) is 9.37. The van der Waals surface area contributed by atoms with Gasteiger partial charge in [0.2, 0.25) is 0 Å². The van der Waals surface area contributed by atoms with E-state index in [1.807, 2.05) is 0 Å². The molecule has 0 aromatic heterocycles. The van der Waals surface area contributed by atoms with Crippen molar-refractivity contribution in [3.8, 4) is 0 Å². The van der Waals surface area contributed by atoms with E-state index < -0.39 is 0 Å². The molecule has 0 N–H and O–H groups in total. The normalized spacial score (nSPS) is 62.0. The van der Waals surface area contributed by atoms with E-state index in [0.29, 0.717) is 0 Å². The topological polar surface area (TPSA) is 0 Å². The van der Waals surface area contributed by atoms with Crippen LogP contribution in [-0.2, 0) is 0 Å². The first-order chi connectivity index (χ1) is 10.1. The standard InChI is InChI=1S/C20H32S/c1-18-10-4-3-5-14(18)6-7-15-16(18)8-11-19(2)17(15)9-12-20(19)13-21-20/h14-17H,3-13H2,1-2H3/t14-,15-,16+,17-,18+,19+,20+/m1/s1. The minimum Gasteiger partial charge on any atom is -0.152 e. The van der Waals surface area contributed by atoms with Crippen molar-refractivity contribution in [1.29, 1.82) is 0 Å². The zero-order chi connectivity index (χ0) is 14.3. The summed E-state index contributed by atoms with van der Waals surface area (Å²) in [5.74, 6) is 5.86. The lowest BCUT2D eigenvalue weighted by Gasteiger charge is -2.60. The Morgan fingerprint density at radius 2 is 1.62 bits per heavy atom. The summed E-state index contributed by atoms with van der Waals surface area (Å²) in [7, 11) is 0. The van der Waals surface area contributed by atoms with Crippen LogP contribution in [0.25, 0.3) is 0 Å². The van der Waals surface area contributed by atoms with E-state index in [4.69, 9.17) is 0 Å². The van der Waals surface area contributed by atoms with E-state index in [9.17, 15) is 0 Å². The summed E-state index contributed by atoms with van der Waals surface area (Å²) < 4.78 is 0.757. The van der Waals surface area contributed by atoms with E-state index in [1.165, 1.54) is 18.6 Å². The Labute approximate surface area is 135 Å². The monoisotopic (exact) mass is 304 g/mol. The number of hydrogen-bond acceptors (Lipinski definition) is 1. The van der Waals surface area contributed by atoms with Gasteiger partial charge in [0.25, 0.3) is 0 Å². The molecule has 4 aliphatic carbocycles. The fourth-order valence-corrected chi connectivity index (χ4v) is 9.44. The molecular weight excluding hydrogens is 272 g/mol. The molecule has 0 aromatic rings. The van der Waals surface area contributed by atoms with Crippen molar-refractivity contribution < 1.29 is 0 Å². The maximum absolute atomic E-state index is 2.72. The molecule has 5 aliphatic rings. The fraction of sp³-hybridized carbons (Fsp3) is 1.00. The molecular formula is C20H32S. The molecule has 1 aliphatic heterocycles. The van der Waals surface area contributed by atoms with Gasteiger partial charge < -0.3 is 0 Å². The lowest BCUT2D eigenvalue weighted by Crippen LogP contribution is -2.53. The Balaban J connectivity index is 1.48. The molecule has 21 heavy (non-hydrogen) atoms. The van der Waals surface area contributed by atoms with Crippen molar-refractivity contribution in [2.45, 2.75) is 82.8 Å². The van der Waals surface area contributed by atoms with Crippen LogP contribution in [0, 0.1) is 34.5 Å². The maximum Gasteiger partial charge on any atom is 0.0307 e. The average molecular weight is 305 g/mol. The zero-order valence-corrected chi connectivity index (χ0v) is 14.8. The largest absolute Gasteiger partial charge is 0.152 e. The summed E-state index contributed by atoms with van der Waals surface area (Å²) in [5, 5.41) is 0. The van der Waals surface area contributed by atoms with Gasteiger partial charge in [-0.05, 0) is 85.9 Å². The zero-order valence-electron chi connectivity index (χ0n) is 14.0. The molecule has 5 fully saturated rings. The quantitative estimate of drug-likeness (QED) is 0.502. The summed E-state index contributed by atoms with van der Waals surface area (Å²) in [6, 6.07) is 0. The molecule has 1 saturated heterocycles. The number of hydrogen-bond donors (Lipinski definition) is 0. The number of rotatable bonds is 0. The Morgan fingerprint density at radius 3 is 2.43 bits per heavy atom. The van der Waals surface area contributed by atoms with Crippen molar-refractivity contribution in [1.82, 2.24) is 0 Å². The second kappa shape index (κ2) is 4.25. The van der Waals surface area contributed by atoms with Gasteiger partial charge in [-0.25, -0.2) is 0 Å². The van der Waals surface area contributed by atoms with Gasteiger partial charge in [-0.15, -0.1) is 0 Å². The van der Waals surface area contributed by atoms with Crippen LogP contribution < -0.4 is 0 Å². The van der Waals surface area contributed by atoms with E-state index >= 15 is 0 Å². The third-order valence-corrected chi connectivity index (χ3v) is 11.0. The summed E-state index contributed by atoms with van der Waals surface area (Å²) in [6.07, 6.45) is 15.6. The van der Waals surface area contributed by atoms with Gasteiger partial charge in [-0.1, -0.05) is 26.7 Å². The smallest absolute Gasteiger partial charge is 0.0307 e. The highest BCUT2D eigenvalue weighted by molar-refractivity contribution is 8.08. The molecule has 1 heterocycles.